The Hall–Kier alpha value is -2.66. The van der Waals surface area contributed by atoms with Crippen LogP contribution in [0.3, 0.4) is 0 Å². The molecule has 0 aliphatic heterocycles. The van der Waals surface area contributed by atoms with Crippen LogP contribution in [0.5, 0.6) is 0 Å². The fraction of sp³-hybridized carbons (Fsp3) is 0.0556. The third-order valence-electron chi connectivity index (χ3n) is 3.64. The van der Waals surface area contributed by atoms with Gasteiger partial charge in [-0.3, -0.25) is 4.57 Å². The predicted octanol–water partition coefficient (Wildman–Crippen LogP) is 4.20. The number of para-hydroxylation sites is 2. The molecule has 0 atom stereocenters. The van der Waals surface area contributed by atoms with Gasteiger partial charge in [-0.1, -0.05) is 54.2 Å². The van der Waals surface area contributed by atoms with Crippen LogP contribution in [0.2, 0.25) is 0 Å². The Morgan fingerprint density at radius 2 is 1.70 bits per heavy atom. The van der Waals surface area contributed by atoms with E-state index in [2.05, 4.69) is 27.1 Å². The van der Waals surface area contributed by atoms with Gasteiger partial charge in [-0.15, -0.1) is 0 Å². The molecular formula is C18H14N4S. The molecule has 4 aromatic rings. The Kier molecular flexibility index (Phi) is 3.55. The third kappa shape index (κ3) is 2.59. The average Bonchev–Trinajstić information content (AvgIpc) is 3.06. The Bertz CT molecular complexity index is 963. The summed E-state index contributed by atoms with van der Waals surface area (Å²) in [6, 6.07) is 20.2. The van der Waals surface area contributed by atoms with Crippen LogP contribution in [-0.4, -0.2) is 25.8 Å². The summed E-state index contributed by atoms with van der Waals surface area (Å²) in [7, 11) is 0. The summed E-state index contributed by atoms with van der Waals surface area (Å²) in [6.45, 7) is 0. The third-order valence-corrected chi connectivity index (χ3v) is 4.19. The fourth-order valence-corrected chi connectivity index (χ4v) is 2.90. The number of hydrogen-bond acceptors (Lipinski definition) is 4. The van der Waals surface area contributed by atoms with Gasteiger partial charge < -0.3 is 0 Å². The molecule has 0 fully saturated rings. The number of rotatable bonds is 3. The molecule has 2 aromatic carbocycles. The van der Waals surface area contributed by atoms with Crippen molar-refractivity contribution in [2.45, 2.75) is 5.16 Å². The molecular weight excluding hydrogens is 304 g/mol. The summed E-state index contributed by atoms with van der Waals surface area (Å²) in [4.78, 5) is 13.7. The molecule has 112 valence electrons. The van der Waals surface area contributed by atoms with E-state index in [0.717, 1.165) is 33.3 Å². The molecule has 0 spiro atoms. The number of aromatic nitrogens is 4. The molecule has 2 aromatic heterocycles. The van der Waals surface area contributed by atoms with E-state index < -0.39 is 0 Å². The van der Waals surface area contributed by atoms with Gasteiger partial charge in [0.15, 0.2) is 5.16 Å². The molecule has 0 N–H and O–H groups in total. The van der Waals surface area contributed by atoms with Crippen LogP contribution in [0.4, 0.5) is 0 Å². The van der Waals surface area contributed by atoms with Crippen LogP contribution in [0.15, 0.2) is 72.1 Å². The van der Waals surface area contributed by atoms with Crippen molar-refractivity contribution in [2.24, 2.45) is 0 Å². The van der Waals surface area contributed by atoms with Crippen molar-refractivity contribution in [3.8, 4) is 17.1 Å². The van der Waals surface area contributed by atoms with E-state index in [9.17, 15) is 0 Å². The van der Waals surface area contributed by atoms with Gasteiger partial charge >= 0.3 is 0 Å². The van der Waals surface area contributed by atoms with Crippen molar-refractivity contribution in [3.63, 3.8) is 0 Å². The Morgan fingerprint density at radius 3 is 2.52 bits per heavy atom. The molecule has 0 saturated carbocycles. The molecule has 0 radical (unpaired) electrons. The van der Waals surface area contributed by atoms with Crippen LogP contribution >= 0.6 is 11.8 Å². The molecule has 0 aliphatic carbocycles. The Morgan fingerprint density at radius 1 is 0.913 bits per heavy atom. The topological polar surface area (TPSA) is 43.6 Å². The minimum atomic E-state index is 0.749. The second-order valence-corrected chi connectivity index (χ2v) is 5.84. The van der Waals surface area contributed by atoms with Crippen molar-refractivity contribution >= 4 is 22.8 Å². The van der Waals surface area contributed by atoms with Crippen LogP contribution < -0.4 is 0 Å². The molecule has 2 heterocycles. The zero-order valence-corrected chi connectivity index (χ0v) is 13.4. The number of hydrogen-bond donors (Lipinski definition) is 0. The molecule has 0 unspecified atom stereocenters. The summed E-state index contributed by atoms with van der Waals surface area (Å²) in [5, 5.41) is 0.749. The standard InChI is InChI=1S/C18H14N4S/c1-23-18-20-15(13-7-3-2-4-8-13)11-17(21-18)22-12-19-14-9-5-6-10-16(14)22/h2-12H,1H3. The van der Waals surface area contributed by atoms with Gasteiger partial charge in [-0.25, -0.2) is 15.0 Å². The van der Waals surface area contributed by atoms with Crippen LogP contribution in [0, 0.1) is 0 Å². The van der Waals surface area contributed by atoms with Crippen molar-refractivity contribution in [2.75, 3.05) is 6.26 Å². The van der Waals surface area contributed by atoms with Gasteiger partial charge in [0.2, 0.25) is 0 Å². The normalized spacial score (nSPS) is 11.0. The Labute approximate surface area is 138 Å². The van der Waals surface area contributed by atoms with Crippen molar-refractivity contribution < 1.29 is 0 Å². The summed E-state index contributed by atoms with van der Waals surface area (Å²) >= 11 is 1.54. The highest BCUT2D eigenvalue weighted by Gasteiger charge is 2.10. The number of fused-ring (bicyclic) bond motifs is 1. The van der Waals surface area contributed by atoms with Gasteiger partial charge in [-0.05, 0) is 18.4 Å². The lowest BCUT2D eigenvalue weighted by Gasteiger charge is -2.08. The highest BCUT2D eigenvalue weighted by Crippen LogP contribution is 2.24. The number of thioether (sulfide) groups is 1. The molecule has 4 nitrogen and oxygen atoms in total. The maximum absolute atomic E-state index is 4.64. The van der Waals surface area contributed by atoms with E-state index in [4.69, 9.17) is 0 Å². The fourth-order valence-electron chi connectivity index (χ4n) is 2.53. The van der Waals surface area contributed by atoms with Gasteiger partial charge in [-0.2, -0.15) is 0 Å². The largest absolute Gasteiger partial charge is 0.283 e. The molecule has 0 saturated heterocycles. The quantitative estimate of drug-likeness (QED) is 0.419. The van der Waals surface area contributed by atoms with Crippen LogP contribution in [0.25, 0.3) is 28.1 Å². The lowest BCUT2D eigenvalue weighted by Crippen LogP contribution is -2.00. The van der Waals surface area contributed by atoms with Crippen molar-refractivity contribution in [1.29, 1.82) is 0 Å². The summed E-state index contributed by atoms with van der Waals surface area (Å²) in [5.74, 6) is 0.830. The molecule has 0 bridgehead atoms. The minimum Gasteiger partial charge on any atom is -0.283 e. The smallest absolute Gasteiger partial charge is 0.189 e. The predicted molar refractivity (Wildman–Crippen MR) is 93.9 cm³/mol. The maximum atomic E-state index is 4.64. The molecule has 4 rings (SSSR count). The van der Waals surface area contributed by atoms with E-state index >= 15 is 0 Å². The maximum Gasteiger partial charge on any atom is 0.189 e. The van der Waals surface area contributed by atoms with Gasteiger partial charge in [0.1, 0.15) is 12.1 Å². The van der Waals surface area contributed by atoms with E-state index in [1.807, 2.05) is 65.7 Å². The van der Waals surface area contributed by atoms with Crippen molar-refractivity contribution in [1.82, 2.24) is 19.5 Å². The van der Waals surface area contributed by atoms with Crippen LogP contribution in [-0.2, 0) is 0 Å². The van der Waals surface area contributed by atoms with Crippen molar-refractivity contribution in [3.05, 3.63) is 67.0 Å². The summed E-state index contributed by atoms with van der Waals surface area (Å²) in [5.41, 5.74) is 3.99. The van der Waals surface area contributed by atoms with E-state index in [1.54, 1.807) is 0 Å². The lowest BCUT2D eigenvalue weighted by molar-refractivity contribution is 0.906. The summed E-state index contributed by atoms with van der Waals surface area (Å²) < 4.78 is 2.00. The minimum absolute atomic E-state index is 0.749. The number of nitrogens with zero attached hydrogens (tertiary/aromatic N) is 4. The van der Waals surface area contributed by atoms with E-state index in [-0.39, 0.29) is 0 Å². The number of imidazole rings is 1. The SMILES string of the molecule is CSc1nc(-c2ccccc2)cc(-n2cnc3ccccc32)n1. The van der Waals surface area contributed by atoms with E-state index in [0.29, 0.717) is 0 Å². The zero-order valence-electron chi connectivity index (χ0n) is 12.5. The second kappa shape index (κ2) is 5.85. The molecule has 5 heteroatoms. The highest BCUT2D eigenvalue weighted by molar-refractivity contribution is 7.98. The van der Waals surface area contributed by atoms with Gasteiger partial charge in [0.05, 0.1) is 16.7 Å². The monoisotopic (exact) mass is 318 g/mol. The first-order valence-corrected chi connectivity index (χ1v) is 8.48. The lowest BCUT2D eigenvalue weighted by atomic mass is 10.1. The van der Waals surface area contributed by atoms with E-state index in [1.165, 1.54) is 11.8 Å². The first-order valence-electron chi connectivity index (χ1n) is 7.26. The number of benzene rings is 2. The first-order chi connectivity index (χ1) is 11.3. The molecule has 23 heavy (non-hydrogen) atoms. The zero-order chi connectivity index (χ0) is 15.6. The first kappa shape index (κ1) is 14.0. The Balaban J connectivity index is 1.92. The van der Waals surface area contributed by atoms with Crippen LogP contribution in [0.1, 0.15) is 0 Å². The van der Waals surface area contributed by atoms with Gasteiger partial charge in [0.25, 0.3) is 0 Å². The second-order valence-electron chi connectivity index (χ2n) is 5.07. The van der Waals surface area contributed by atoms with Gasteiger partial charge in [0, 0.05) is 11.6 Å². The molecule has 0 amide bonds. The summed E-state index contributed by atoms with van der Waals surface area (Å²) in [6.07, 6.45) is 3.80. The molecule has 0 aliphatic rings. The highest BCUT2D eigenvalue weighted by atomic mass is 32.2. The average molecular weight is 318 g/mol.